The van der Waals surface area contributed by atoms with Crippen LogP contribution in [-0.4, -0.2) is 29.8 Å². The van der Waals surface area contributed by atoms with Gasteiger partial charge in [-0.2, -0.15) is 0 Å². The molecule has 0 amide bonds. The fourth-order valence-electron chi connectivity index (χ4n) is 0.879. The number of aliphatic hydroxyl groups excluding tert-OH is 1. The summed E-state index contributed by atoms with van der Waals surface area (Å²) in [6.45, 7) is 2.40. The topological polar surface area (TPSA) is 36.4 Å². The molecule has 0 fully saturated rings. The van der Waals surface area contributed by atoms with Crippen molar-refractivity contribution in [2.24, 2.45) is 0 Å². The van der Waals surface area contributed by atoms with Gasteiger partial charge in [-0.25, -0.2) is 4.98 Å². The van der Waals surface area contributed by atoms with Crippen LogP contribution < -0.4 is 4.90 Å². The van der Waals surface area contributed by atoms with Gasteiger partial charge in [-0.1, -0.05) is 0 Å². The molecule has 0 saturated carbocycles. The van der Waals surface area contributed by atoms with E-state index in [0.29, 0.717) is 6.54 Å². The smallest absolute Gasteiger partial charge is 0.185 e. The lowest BCUT2D eigenvalue weighted by molar-refractivity contribution is 0.201. The van der Waals surface area contributed by atoms with Crippen molar-refractivity contribution in [3.05, 3.63) is 11.6 Å². The number of likely N-dealkylation sites (N-methyl/N-ethyl adjacent to an activating group) is 1. The molecule has 0 aliphatic carbocycles. The van der Waals surface area contributed by atoms with Gasteiger partial charge in [0, 0.05) is 25.2 Å². The van der Waals surface area contributed by atoms with E-state index >= 15 is 0 Å². The molecular formula is C7H12N2OS. The molecule has 0 aliphatic rings. The average molecular weight is 172 g/mol. The van der Waals surface area contributed by atoms with Gasteiger partial charge < -0.3 is 10.0 Å². The van der Waals surface area contributed by atoms with Crippen LogP contribution >= 0.6 is 11.3 Å². The van der Waals surface area contributed by atoms with Gasteiger partial charge in [0.2, 0.25) is 0 Å². The highest BCUT2D eigenvalue weighted by Gasteiger charge is 2.05. The van der Waals surface area contributed by atoms with Crippen LogP contribution in [0.1, 0.15) is 6.92 Å². The monoisotopic (exact) mass is 172 g/mol. The Labute approximate surface area is 70.3 Å². The van der Waals surface area contributed by atoms with Crippen LogP contribution in [-0.2, 0) is 0 Å². The molecule has 4 heteroatoms. The van der Waals surface area contributed by atoms with Gasteiger partial charge in [0.1, 0.15) is 0 Å². The summed E-state index contributed by atoms with van der Waals surface area (Å²) < 4.78 is 0. The summed E-state index contributed by atoms with van der Waals surface area (Å²) in [5.41, 5.74) is 0. The third-order valence-corrected chi connectivity index (χ3v) is 2.17. The van der Waals surface area contributed by atoms with Crippen LogP contribution in [0, 0.1) is 0 Å². The number of nitrogens with zero attached hydrogens (tertiary/aromatic N) is 2. The second-order valence-corrected chi connectivity index (χ2v) is 3.42. The zero-order chi connectivity index (χ0) is 8.27. The van der Waals surface area contributed by atoms with E-state index in [1.54, 1.807) is 24.5 Å². The van der Waals surface area contributed by atoms with Crippen molar-refractivity contribution in [3.8, 4) is 0 Å². The molecule has 0 bridgehead atoms. The molecular weight excluding hydrogens is 160 g/mol. The Balaban J connectivity index is 2.49. The lowest BCUT2D eigenvalue weighted by Gasteiger charge is -2.16. The fourth-order valence-corrected chi connectivity index (χ4v) is 1.50. The summed E-state index contributed by atoms with van der Waals surface area (Å²) >= 11 is 1.58. The third kappa shape index (κ3) is 2.48. The van der Waals surface area contributed by atoms with Crippen LogP contribution in [0.3, 0.4) is 0 Å². The predicted octanol–water partition coefficient (Wildman–Crippen LogP) is 0.960. The molecule has 1 unspecified atom stereocenters. The highest BCUT2D eigenvalue weighted by molar-refractivity contribution is 7.13. The van der Waals surface area contributed by atoms with Gasteiger partial charge >= 0.3 is 0 Å². The summed E-state index contributed by atoms with van der Waals surface area (Å²) in [4.78, 5) is 6.04. The lowest BCUT2D eigenvalue weighted by atomic mass is 10.4. The summed E-state index contributed by atoms with van der Waals surface area (Å²) in [6, 6.07) is 0. The van der Waals surface area contributed by atoms with E-state index < -0.39 is 0 Å². The van der Waals surface area contributed by atoms with Crippen LogP contribution in [0.5, 0.6) is 0 Å². The number of rotatable bonds is 3. The van der Waals surface area contributed by atoms with E-state index in [1.165, 1.54) is 0 Å². The minimum Gasteiger partial charge on any atom is -0.392 e. The predicted molar refractivity (Wildman–Crippen MR) is 47.1 cm³/mol. The Morgan fingerprint density at radius 1 is 1.82 bits per heavy atom. The molecule has 62 valence electrons. The van der Waals surface area contributed by atoms with Gasteiger partial charge in [-0.05, 0) is 6.92 Å². The molecule has 1 heterocycles. The summed E-state index contributed by atoms with van der Waals surface area (Å²) in [5, 5.41) is 11.9. The molecule has 0 saturated heterocycles. The second kappa shape index (κ2) is 3.69. The molecule has 11 heavy (non-hydrogen) atoms. The maximum absolute atomic E-state index is 9.06. The van der Waals surface area contributed by atoms with Gasteiger partial charge in [-0.15, -0.1) is 11.3 Å². The van der Waals surface area contributed by atoms with Crippen LogP contribution in [0.15, 0.2) is 11.6 Å². The molecule has 3 nitrogen and oxygen atoms in total. The van der Waals surface area contributed by atoms with E-state index in [1.807, 2.05) is 17.3 Å². The molecule has 1 aromatic heterocycles. The van der Waals surface area contributed by atoms with Crippen LogP contribution in [0.25, 0.3) is 0 Å². The average Bonchev–Trinajstić information content (AvgIpc) is 2.35. The Hall–Kier alpha value is -0.610. The van der Waals surface area contributed by atoms with Crippen molar-refractivity contribution in [1.82, 2.24) is 4.98 Å². The van der Waals surface area contributed by atoms with Gasteiger partial charge in [0.05, 0.1) is 6.10 Å². The largest absolute Gasteiger partial charge is 0.392 e. The summed E-state index contributed by atoms with van der Waals surface area (Å²) in [5.74, 6) is 0. The first-order valence-corrected chi connectivity index (χ1v) is 4.37. The lowest BCUT2D eigenvalue weighted by Crippen LogP contribution is -2.26. The summed E-state index contributed by atoms with van der Waals surface area (Å²) in [6.07, 6.45) is 1.46. The van der Waals surface area contributed by atoms with E-state index in [-0.39, 0.29) is 6.10 Å². The Morgan fingerprint density at radius 2 is 2.55 bits per heavy atom. The number of anilines is 1. The van der Waals surface area contributed by atoms with Crippen molar-refractivity contribution in [3.63, 3.8) is 0 Å². The Morgan fingerprint density at radius 3 is 3.00 bits per heavy atom. The van der Waals surface area contributed by atoms with Gasteiger partial charge in [0.25, 0.3) is 0 Å². The van der Waals surface area contributed by atoms with Gasteiger partial charge in [0.15, 0.2) is 5.13 Å². The van der Waals surface area contributed by atoms with Crippen molar-refractivity contribution in [2.75, 3.05) is 18.5 Å². The van der Waals surface area contributed by atoms with Crippen molar-refractivity contribution in [1.29, 1.82) is 0 Å². The molecule has 1 N–H and O–H groups in total. The van der Waals surface area contributed by atoms with Crippen LogP contribution in [0.2, 0.25) is 0 Å². The third-order valence-electron chi connectivity index (χ3n) is 1.28. The number of hydrogen-bond donors (Lipinski definition) is 1. The Kier molecular flexibility index (Phi) is 2.84. The molecule has 0 aliphatic heterocycles. The maximum atomic E-state index is 9.06. The number of aromatic nitrogens is 1. The minimum atomic E-state index is -0.302. The molecule has 0 radical (unpaired) electrons. The van der Waals surface area contributed by atoms with Crippen molar-refractivity contribution < 1.29 is 5.11 Å². The molecule has 1 rings (SSSR count). The quantitative estimate of drug-likeness (QED) is 0.737. The zero-order valence-electron chi connectivity index (χ0n) is 6.69. The molecule has 1 atom stereocenters. The zero-order valence-corrected chi connectivity index (χ0v) is 7.51. The van der Waals surface area contributed by atoms with Crippen molar-refractivity contribution in [2.45, 2.75) is 13.0 Å². The van der Waals surface area contributed by atoms with E-state index in [0.717, 1.165) is 5.13 Å². The van der Waals surface area contributed by atoms with E-state index in [4.69, 9.17) is 5.11 Å². The van der Waals surface area contributed by atoms with Crippen LogP contribution in [0.4, 0.5) is 5.13 Å². The maximum Gasteiger partial charge on any atom is 0.185 e. The second-order valence-electron chi connectivity index (χ2n) is 2.54. The van der Waals surface area contributed by atoms with Gasteiger partial charge in [-0.3, -0.25) is 0 Å². The summed E-state index contributed by atoms with van der Waals surface area (Å²) in [7, 11) is 1.92. The highest BCUT2D eigenvalue weighted by Crippen LogP contribution is 2.15. The first-order chi connectivity index (χ1) is 5.20. The normalized spacial score (nSPS) is 13.0. The minimum absolute atomic E-state index is 0.302. The fraction of sp³-hybridized carbons (Fsp3) is 0.571. The highest BCUT2D eigenvalue weighted by atomic mass is 32.1. The van der Waals surface area contributed by atoms with E-state index in [9.17, 15) is 0 Å². The number of aliphatic hydroxyl groups is 1. The van der Waals surface area contributed by atoms with E-state index in [2.05, 4.69) is 4.98 Å². The molecule has 1 aromatic rings. The van der Waals surface area contributed by atoms with Crippen molar-refractivity contribution >= 4 is 16.5 Å². The number of thiazole rings is 1. The molecule has 0 aromatic carbocycles. The molecule has 0 spiro atoms. The number of hydrogen-bond acceptors (Lipinski definition) is 4. The Bertz CT molecular complexity index is 198. The first-order valence-electron chi connectivity index (χ1n) is 3.49. The SMILES string of the molecule is CC(O)CN(C)c1nccs1. The standard InChI is InChI=1S/C7H12N2OS/c1-6(10)5-9(2)7-8-3-4-11-7/h3-4,6,10H,5H2,1-2H3. The first kappa shape index (κ1) is 8.49.